The van der Waals surface area contributed by atoms with Gasteiger partial charge in [-0.1, -0.05) is 5.16 Å². The molecular weight excluding hydrogens is 336 g/mol. The Morgan fingerprint density at radius 3 is 3.08 bits per heavy atom. The van der Waals surface area contributed by atoms with Gasteiger partial charge in [-0.25, -0.2) is 4.98 Å². The molecule has 0 N–H and O–H groups in total. The molecule has 1 saturated heterocycles. The summed E-state index contributed by atoms with van der Waals surface area (Å²) in [6, 6.07) is 3.69. The molecule has 25 heavy (non-hydrogen) atoms. The fourth-order valence-corrected chi connectivity index (χ4v) is 3.95. The molecule has 1 aliphatic carbocycles. The number of nitrogens with zero attached hydrogens (tertiary/aromatic N) is 4. The number of thioether (sulfide) groups is 1. The van der Waals surface area contributed by atoms with E-state index in [2.05, 4.69) is 15.1 Å². The molecular formula is C18H22N4O2S. The molecule has 0 bridgehead atoms. The Hall–Kier alpha value is -1.89. The van der Waals surface area contributed by atoms with Crippen LogP contribution in [-0.2, 0) is 6.42 Å². The highest BCUT2D eigenvalue weighted by Gasteiger charge is 2.30. The van der Waals surface area contributed by atoms with Gasteiger partial charge in [-0.05, 0) is 50.0 Å². The minimum Gasteiger partial charge on any atom is -0.339 e. The zero-order valence-electron chi connectivity index (χ0n) is 14.4. The van der Waals surface area contributed by atoms with Gasteiger partial charge in [-0.3, -0.25) is 4.79 Å². The van der Waals surface area contributed by atoms with Crippen molar-refractivity contribution >= 4 is 17.7 Å². The van der Waals surface area contributed by atoms with Crippen molar-refractivity contribution in [3.05, 3.63) is 35.6 Å². The maximum absolute atomic E-state index is 12.9. The molecule has 0 aromatic carbocycles. The highest BCUT2D eigenvalue weighted by atomic mass is 32.2. The van der Waals surface area contributed by atoms with Crippen LogP contribution in [0, 0.1) is 5.92 Å². The average molecular weight is 358 g/mol. The number of hydrogen-bond donors (Lipinski definition) is 0. The topological polar surface area (TPSA) is 72.1 Å². The Labute approximate surface area is 151 Å². The van der Waals surface area contributed by atoms with Gasteiger partial charge < -0.3 is 9.42 Å². The monoisotopic (exact) mass is 358 g/mol. The van der Waals surface area contributed by atoms with Crippen LogP contribution in [0.2, 0.25) is 0 Å². The Bertz CT molecular complexity index is 759. The molecule has 1 atom stereocenters. The van der Waals surface area contributed by atoms with Crippen LogP contribution in [-0.4, -0.2) is 45.3 Å². The van der Waals surface area contributed by atoms with Gasteiger partial charge in [0.25, 0.3) is 5.91 Å². The van der Waals surface area contributed by atoms with Crippen LogP contribution in [0.15, 0.2) is 27.9 Å². The van der Waals surface area contributed by atoms with Crippen molar-refractivity contribution in [3.63, 3.8) is 0 Å². The number of rotatable bonds is 5. The second-order valence-electron chi connectivity index (χ2n) is 6.84. The summed E-state index contributed by atoms with van der Waals surface area (Å²) in [4.78, 5) is 23.7. The minimum atomic E-state index is 0.0753. The van der Waals surface area contributed by atoms with Crippen LogP contribution in [0.25, 0.3) is 0 Å². The van der Waals surface area contributed by atoms with E-state index >= 15 is 0 Å². The quantitative estimate of drug-likeness (QED) is 0.765. The zero-order chi connectivity index (χ0) is 17.2. The summed E-state index contributed by atoms with van der Waals surface area (Å²) in [6.07, 6.45) is 8.88. The molecule has 0 unspecified atom stereocenters. The van der Waals surface area contributed by atoms with Crippen LogP contribution in [0.4, 0.5) is 0 Å². The summed E-state index contributed by atoms with van der Waals surface area (Å²) >= 11 is 1.51. The van der Waals surface area contributed by atoms with Gasteiger partial charge in [-0.15, -0.1) is 11.8 Å². The van der Waals surface area contributed by atoms with Crippen molar-refractivity contribution in [2.45, 2.75) is 43.0 Å². The van der Waals surface area contributed by atoms with Gasteiger partial charge in [-0.2, -0.15) is 4.98 Å². The molecule has 1 amide bonds. The van der Waals surface area contributed by atoms with Gasteiger partial charge >= 0.3 is 0 Å². The first-order chi connectivity index (χ1) is 12.2. The van der Waals surface area contributed by atoms with Gasteiger partial charge in [0.1, 0.15) is 5.03 Å². The Kier molecular flexibility index (Phi) is 4.74. The highest BCUT2D eigenvalue weighted by molar-refractivity contribution is 7.98. The third-order valence-electron chi connectivity index (χ3n) is 4.89. The molecule has 2 fully saturated rings. The molecule has 7 heteroatoms. The lowest BCUT2D eigenvalue weighted by atomic mass is 9.94. The maximum Gasteiger partial charge on any atom is 0.256 e. The normalized spacial score (nSPS) is 20.7. The first-order valence-electron chi connectivity index (χ1n) is 8.85. The van der Waals surface area contributed by atoms with E-state index in [9.17, 15) is 4.79 Å². The number of hydrogen-bond acceptors (Lipinski definition) is 6. The van der Waals surface area contributed by atoms with E-state index in [1.54, 1.807) is 6.20 Å². The molecule has 2 aromatic rings. The second kappa shape index (κ2) is 7.15. The van der Waals surface area contributed by atoms with Gasteiger partial charge in [0, 0.05) is 31.6 Å². The van der Waals surface area contributed by atoms with Gasteiger partial charge in [0.2, 0.25) is 5.89 Å². The molecule has 132 valence electrons. The van der Waals surface area contributed by atoms with Crippen LogP contribution < -0.4 is 0 Å². The minimum absolute atomic E-state index is 0.0753. The largest absolute Gasteiger partial charge is 0.339 e. The lowest BCUT2D eigenvalue weighted by Crippen LogP contribution is -2.40. The number of amides is 1. The molecule has 2 aromatic heterocycles. The number of aromatic nitrogens is 3. The molecule has 1 aliphatic heterocycles. The van der Waals surface area contributed by atoms with Crippen LogP contribution in [0.1, 0.15) is 53.7 Å². The lowest BCUT2D eigenvalue weighted by Gasteiger charge is -2.32. The smallest absolute Gasteiger partial charge is 0.256 e. The van der Waals surface area contributed by atoms with Crippen molar-refractivity contribution < 1.29 is 9.32 Å². The summed E-state index contributed by atoms with van der Waals surface area (Å²) < 4.78 is 5.41. The third kappa shape index (κ3) is 3.71. The SMILES string of the molecule is CSc1ncccc1C(=O)N1CCC[C@H](Cc2nc(C3CC3)no2)C1. The Morgan fingerprint density at radius 1 is 1.40 bits per heavy atom. The predicted molar refractivity (Wildman–Crippen MR) is 94.6 cm³/mol. The fraction of sp³-hybridized carbons (Fsp3) is 0.556. The predicted octanol–water partition coefficient (Wildman–Crippen LogP) is 3.16. The molecule has 1 saturated carbocycles. The van der Waals surface area contributed by atoms with Crippen molar-refractivity contribution in [1.29, 1.82) is 0 Å². The summed E-state index contributed by atoms with van der Waals surface area (Å²) in [5, 5.41) is 4.88. The van der Waals surface area contributed by atoms with Crippen molar-refractivity contribution in [2.75, 3.05) is 19.3 Å². The zero-order valence-corrected chi connectivity index (χ0v) is 15.2. The van der Waals surface area contributed by atoms with E-state index in [1.165, 1.54) is 24.6 Å². The number of piperidine rings is 1. The number of carbonyl (C=O) groups excluding carboxylic acids is 1. The first kappa shape index (κ1) is 16.6. The molecule has 0 spiro atoms. The molecule has 2 aliphatic rings. The third-order valence-corrected chi connectivity index (χ3v) is 5.60. The Morgan fingerprint density at radius 2 is 2.28 bits per heavy atom. The standard InChI is InChI=1S/C18H22N4O2S/c1-25-17-14(5-2-8-19-17)18(23)22-9-3-4-12(11-22)10-15-20-16(21-24-15)13-6-7-13/h2,5,8,12-13H,3-4,6-7,9-11H2,1H3/t12-/m1/s1. The summed E-state index contributed by atoms with van der Waals surface area (Å²) in [5.41, 5.74) is 0.699. The van der Waals surface area contributed by atoms with E-state index in [-0.39, 0.29) is 5.91 Å². The summed E-state index contributed by atoms with van der Waals surface area (Å²) in [5.74, 6) is 2.54. The van der Waals surface area contributed by atoms with Gasteiger partial charge in [0.05, 0.1) is 5.56 Å². The van der Waals surface area contributed by atoms with Gasteiger partial charge in [0.15, 0.2) is 5.82 Å². The molecule has 0 radical (unpaired) electrons. The fourth-order valence-electron chi connectivity index (χ4n) is 3.41. The van der Waals surface area contributed by atoms with E-state index in [4.69, 9.17) is 4.52 Å². The van der Waals surface area contributed by atoms with Crippen molar-refractivity contribution in [3.8, 4) is 0 Å². The second-order valence-corrected chi connectivity index (χ2v) is 7.64. The summed E-state index contributed by atoms with van der Waals surface area (Å²) in [7, 11) is 0. The van der Waals surface area contributed by atoms with E-state index in [0.29, 0.717) is 23.3 Å². The van der Waals surface area contributed by atoms with E-state index in [0.717, 1.165) is 43.2 Å². The van der Waals surface area contributed by atoms with E-state index in [1.807, 2.05) is 23.3 Å². The van der Waals surface area contributed by atoms with Crippen molar-refractivity contribution in [2.24, 2.45) is 5.92 Å². The molecule has 3 heterocycles. The molecule has 4 rings (SSSR count). The maximum atomic E-state index is 12.9. The number of carbonyl (C=O) groups is 1. The van der Waals surface area contributed by atoms with E-state index < -0.39 is 0 Å². The summed E-state index contributed by atoms with van der Waals surface area (Å²) in [6.45, 7) is 1.54. The first-order valence-corrected chi connectivity index (χ1v) is 10.1. The van der Waals surface area contributed by atoms with Crippen LogP contribution in [0.5, 0.6) is 0 Å². The average Bonchev–Trinajstić information content (AvgIpc) is 3.41. The van der Waals surface area contributed by atoms with Crippen LogP contribution >= 0.6 is 11.8 Å². The van der Waals surface area contributed by atoms with Crippen molar-refractivity contribution in [1.82, 2.24) is 20.0 Å². The number of likely N-dealkylation sites (tertiary alicyclic amines) is 1. The molecule has 6 nitrogen and oxygen atoms in total. The van der Waals surface area contributed by atoms with Crippen LogP contribution in [0.3, 0.4) is 0 Å². The number of pyridine rings is 1. The Balaban J connectivity index is 1.42. The lowest BCUT2D eigenvalue weighted by molar-refractivity contribution is 0.0664. The highest BCUT2D eigenvalue weighted by Crippen LogP contribution is 2.38.